The van der Waals surface area contributed by atoms with Gasteiger partial charge in [-0.15, -0.1) is 0 Å². The van der Waals surface area contributed by atoms with E-state index in [2.05, 4.69) is 45.2 Å². The summed E-state index contributed by atoms with van der Waals surface area (Å²) in [7, 11) is 0. The fourth-order valence-corrected chi connectivity index (χ4v) is 5.95. The maximum absolute atomic E-state index is 13.3. The molecule has 1 heterocycles. The van der Waals surface area contributed by atoms with E-state index >= 15 is 0 Å². The maximum atomic E-state index is 13.3. The maximum Gasteiger partial charge on any atom is 0.307 e. The van der Waals surface area contributed by atoms with Gasteiger partial charge in [0, 0.05) is 34.6 Å². The lowest BCUT2D eigenvalue weighted by Crippen LogP contribution is -2.45. The molecule has 4 rings (SSSR count). The van der Waals surface area contributed by atoms with Crippen molar-refractivity contribution in [3.05, 3.63) is 94.5 Å². The molecule has 1 unspecified atom stereocenters. The normalized spacial score (nSPS) is 16.1. The third kappa shape index (κ3) is 9.01. The molecule has 1 aliphatic heterocycles. The Labute approximate surface area is 253 Å². The van der Waals surface area contributed by atoms with Gasteiger partial charge in [0.25, 0.3) is 5.91 Å². The number of rotatable bonds is 10. The van der Waals surface area contributed by atoms with Gasteiger partial charge >= 0.3 is 5.97 Å². The number of ether oxygens (including phenoxy) is 1. The van der Waals surface area contributed by atoms with E-state index in [0.717, 1.165) is 60.9 Å². The first kappa shape index (κ1) is 31.0. The highest BCUT2D eigenvalue weighted by molar-refractivity contribution is 9.10. The molecular formula is C35H43BrN2O3. The summed E-state index contributed by atoms with van der Waals surface area (Å²) in [5.74, 6) is -0.162. The van der Waals surface area contributed by atoms with Crippen molar-refractivity contribution in [1.29, 1.82) is 0 Å². The molecule has 0 spiro atoms. The second kappa shape index (κ2) is 13.8. The van der Waals surface area contributed by atoms with Crippen LogP contribution in [0.25, 0.3) is 11.1 Å². The first-order valence-electron chi connectivity index (χ1n) is 14.7. The van der Waals surface area contributed by atoms with E-state index in [0.29, 0.717) is 12.0 Å². The molecule has 0 aliphatic carbocycles. The number of amides is 1. The van der Waals surface area contributed by atoms with Crippen molar-refractivity contribution in [3.8, 4) is 11.1 Å². The Hall–Kier alpha value is -2.96. The van der Waals surface area contributed by atoms with Gasteiger partial charge in [0.15, 0.2) is 0 Å². The smallest absolute Gasteiger partial charge is 0.307 e. The van der Waals surface area contributed by atoms with Crippen LogP contribution in [0.3, 0.4) is 0 Å². The number of hydrogen-bond acceptors (Lipinski definition) is 4. The van der Waals surface area contributed by atoms with E-state index in [1.54, 1.807) is 0 Å². The van der Waals surface area contributed by atoms with Gasteiger partial charge in [0.05, 0.1) is 6.42 Å². The zero-order valence-corrected chi connectivity index (χ0v) is 26.4. The van der Waals surface area contributed by atoms with Crippen LogP contribution in [-0.4, -0.2) is 48.1 Å². The van der Waals surface area contributed by atoms with Gasteiger partial charge in [0.1, 0.15) is 5.60 Å². The zero-order valence-electron chi connectivity index (χ0n) is 24.8. The number of esters is 1. The van der Waals surface area contributed by atoms with Gasteiger partial charge in [-0.05, 0) is 87.9 Å². The monoisotopic (exact) mass is 618 g/mol. The van der Waals surface area contributed by atoms with E-state index in [9.17, 15) is 9.59 Å². The number of carbonyl (C=O) groups is 2. The summed E-state index contributed by atoms with van der Waals surface area (Å²) in [6, 6.07) is 26.4. The minimum Gasteiger partial charge on any atom is -0.460 e. The number of nitrogens with one attached hydrogen (secondary N) is 1. The van der Waals surface area contributed by atoms with Crippen LogP contribution in [0.15, 0.2) is 83.3 Å². The molecule has 0 radical (unpaired) electrons. The fourth-order valence-electron chi connectivity index (χ4n) is 5.69. The lowest BCUT2D eigenvalue weighted by molar-refractivity contribution is -0.156. The summed E-state index contributed by atoms with van der Waals surface area (Å²) in [6.45, 7) is 10.8. The number of carbonyl (C=O) groups excluding carboxylic acids is 2. The quantitative estimate of drug-likeness (QED) is 0.236. The Morgan fingerprint density at radius 2 is 1.54 bits per heavy atom. The second-order valence-electron chi connectivity index (χ2n) is 12.4. The van der Waals surface area contributed by atoms with E-state index in [1.165, 1.54) is 5.56 Å². The highest BCUT2D eigenvalue weighted by atomic mass is 79.9. The van der Waals surface area contributed by atoms with Crippen LogP contribution >= 0.6 is 15.9 Å². The topological polar surface area (TPSA) is 58.6 Å². The summed E-state index contributed by atoms with van der Waals surface area (Å²) >= 11 is 3.49. The zero-order chi connectivity index (χ0) is 29.5. The number of halogens is 1. The van der Waals surface area contributed by atoms with Crippen molar-refractivity contribution in [2.75, 3.05) is 19.6 Å². The molecule has 1 fully saturated rings. The summed E-state index contributed by atoms with van der Waals surface area (Å²) in [5.41, 5.74) is 3.09. The Bertz CT molecular complexity index is 1290. The van der Waals surface area contributed by atoms with Crippen LogP contribution in [-0.2, 0) is 14.9 Å². The van der Waals surface area contributed by atoms with Crippen LogP contribution in [0.2, 0.25) is 0 Å². The van der Waals surface area contributed by atoms with E-state index in [-0.39, 0.29) is 23.3 Å². The van der Waals surface area contributed by atoms with Crippen LogP contribution < -0.4 is 5.32 Å². The molecule has 1 aliphatic rings. The first-order valence-corrected chi connectivity index (χ1v) is 15.5. The number of nitrogens with zero attached hydrogens (tertiary/aromatic N) is 1. The Morgan fingerprint density at radius 1 is 0.902 bits per heavy atom. The van der Waals surface area contributed by atoms with E-state index in [1.807, 2.05) is 87.5 Å². The molecule has 6 heteroatoms. The molecule has 1 saturated heterocycles. The first-order chi connectivity index (χ1) is 19.5. The number of likely N-dealkylation sites (tertiary alicyclic amines) is 1. The summed E-state index contributed by atoms with van der Waals surface area (Å²) in [4.78, 5) is 28.5. The Balaban J connectivity index is 1.29. The van der Waals surface area contributed by atoms with Crippen molar-refractivity contribution >= 4 is 27.8 Å². The average molecular weight is 620 g/mol. The van der Waals surface area contributed by atoms with E-state index < -0.39 is 5.60 Å². The van der Waals surface area contributed by atoms with Crippen LogP contribution in [0.4, 0.5) is 0 Å². The molecular weight excluding hydrogens is 576 g/mol. The number of benzene rings is 3. The average Bonchev–Trinajstić information content (AvgIpc) is 2.94. The minimum atomic E-state index is -0.491. The van der Waals surface area contributed by atoms with Crippen molar-refractivity contribution < 1.29 is 14.3 Å². The molecule has 0 aromatic heterocycles. The standard InChI is InChI=1S/C35H43BrN2O3/c1-34(2,3)41-32(39)25-35(4,27-11-6-5-7-12-27)21-10-22-38-23-19-29(20-24-38)37-33(40)31-14-9-8-13-30(31)26-15-17-28(36)18-16-26/h5-9,11-18,29H,10,19-25H2,1-4H3,(H,37,40). The number of piperidine rings is 1. The molecule has 1 N–H and O–H groups in total. The van der Waals surface area contributed by atoms with Gasteiger partial charge in [0.2, 0.25) is 0 Å². The van der Waals surface area contributed by atoms with Crippen molar-refractivity contribution in [1.82, 2.24) is 10.2 Å². The van der Waals surface area contributed by atoms with Gasteiger partial charge in [-0.2, -0.15) is 0 Å². The summed E-state index contributed by atoms with van der Waals surface area (Å²) < 4.78 is 6.69. The SMILES string of the molecule is CC(C)(C)OC(=O)CC(C)(CCCN1CCC(NC(=O)c2ccccc2-c2ccc(Br)cc2)CC1)c1ccccc1. The van der Waals surface area contributed by atoms with Gasteiger partial charge in [-0.25, -0.2) is 0 Å². The number of hydrogen-bond donors (Lipinski definition) is 1. The largest absolute Gasteiger partial charge is 0.460 e. The summed E-state index contributed by atoms with van der Waals surface area (Å²) in [6.07, 6.45) is 4.12. The van der Waals surface area contributed by atoms with Crippen molar-refractivity contribution in [3.63, 3.8) is 0 Å². The molecule has 41 heavy (non-hydrogen) atoms. The second-order valence-corrected chi connectivity index (χ2v) is 13.4. The lowest BCUT2D eigenvalue weighted by atomic mass is 9.75. The Morgan fingerprint density at radius 3 is 2.20 bits per heavy atom. The Kier molecular flexibility index (Phi) is 10.4. The molecule has 5 nitrogen and oxygen atoms in total. The highest BCUT2D eigenvalue weighted by Crippen LogP contribution is 2.34. The van der Waals surface area contributed by atoms with Gasteiger partial charge < -0.3 is 15.0 Å². The van der Waals surface area contributed by atoms with Crippen LogP contribution in [0, 0.1) is 0 Å². The molecule has 218 valence electrons. The third-order valence-corrected chi connectivity index (χ3v) is 8.41. The molecule has 3 aromatic carbocycles. The molecule has 1 amide bonds. The van der Waals surface area contributed by atoms with Gasteiger partial charge in [-0.1, -0.05) is 83.5 Å². The lowest BCUT2D eigenvalue weighted by Gasteiger charge is -2.34. The van der Waals surface area contributed by atoms with Crippen LogP contribution in [0.1, 0.15) is 75.7 Å². The van der Waals surface area contributed by atoms with Gasteiger partial charge in [-0.3, -0.25) is 9.59 Å². The third-order valence-electron chi connectivity index (χ3n) is 7.88. The van der Waals surface area contributed by atoms with Crippen molar-refractivity contribution in [2.24, 2.45) is 0 Å². The molecule has 1 atom stereocenters. The highest BCUT2D eigenvalue weighted by Gasteiger charge is 2.32. The fraction of sp³-hybridized carbons (Fsp3) is 0.429. The van der Waals surface area contributed by atoms with E-state index in [4.69, 9.17) is 4.74 Å². The minimum absolute atomic E-state index is 0.0114. The van der Waals surface area contributed by atoms with Crippen molar-refractivity contribution in [2.45, 2.75) is 76.9 Å². The molecule has 0 saturated carbocycles. The van der Waals surface area contributed by atoms with Crippen LogP contribution in [0.5, 0.6) is 0 Å². The predicted molar refractivity (Wildman–Crippen MR) is 170 cm³/mol. The summed E-state index contributed by atoms with van der Waals surface area (Å²) in [5, 5.41) is 3.29. The predicted octanol–water partition coefficient (Wildman–Crippen LogP) is 7.78. The molecule has 3 aromatic rings. The molecule has 0 bridgehead atoms.